The summed E-state index contributed by atoms with van der Waals surface area (Å²) >= 11 is 0. The first kappa shape index (κ1) is 22.2. The SMILES string of the molecule is Cc1ccccc1N1C(=O)C(=O)/C(=C(\O)c2ccccc2)C1c1cccc(Oc2ccccc2)c1. The fraction of sp³-hybridized carbons (Fsp3) is 0.0667. The van der Waals surface area contributed by atoms with Crippen LogP contribution >= 0.6 is 0 Å². The van der Waals surface area contributed by atoms with Gasteiger partial charge < -0.3 is 9.84 Å². The molecule has 0 aliphatic carbocycles. The summed E-state index contributed by atoms with van der Waals surface area (Å²) in [6, 6.07) is 32.0. The average Bonchev–Trinajstić information content (AvgIpc) is 3.15. The van der Waals surface area contributed by atoms with E-state index in [4.69, 9.17) is 4.74 Å². The van der Waals surface area contributed by atoms with Crippen LogP contribution in [0.5, 0.6) is 11.5 Å². The molecular formula is C30H23NO4. The molecule has 35 heavy (non-hydrogen) atoms. The number of para-hydroxylation sites is 2. The van der Waals surface area contributed by atoms with Crippen molar-refractivity contribution in [3.05, 3.63) is 131 Å². The van der Waals surface area contributed by atoms with Gasteiger partial charge in [-0.2, -0.15) is 0 Å². The fourth-order valence-corrected chi connectivity index (χ4v) is 4.35. The number of hydrogen-bond donors (Lipinski definition) is 1. The van der Waals surface area contributed by atoms with Gasteiger partial charge in [0.15, 0.2) is 0 Å². The van der Waals surface area contributed by atoms with Crippen molar-refractivity contribution >= 4 is 23.1 Å². The Morgan fingerprint density at radius 1 is 0.771 bits per heavy atom. The minimum absolute atomic E-state index is 0.0429. The number of rotatable bonds is 5. The lowest BCUT2D eigenvalue weighted by Crippen LogP contribution is -2.30. The Bertz CT molecular complexity index is 1430. The van der Waals surface area contributed by atoms with Gasteiger partial charge in [0, 0.05) is 11.3 Å². The van der Waals surface area contributed by atoms with Gasteiger partial charge in [-0.15, -0.1) is 0 Å². The molecule has 5 rings (SSSR count). The second-order valence-corrected chi connectivity index (χ2v) is 8.31. The van der Waals surface area contributed by atoms with Crippen molar-refractivity contribution in [2.75, 3.05) is 4.90 Å². The van der Waals surface area contributed by atoms with Crippen LogP contribution in [0.3, 0.4) is 0 Å². The molecule has 1 heterocycles. The summed E-state index contributed by atoms with van der Waals surface area (Å²) in [6.45, 7) is 1.89. The molecule has 1 unspecified atom stereocenters. The summed E-state index contributed by atoms with van der Waals surface area (Å²) in [7, 11) is 0. The maximum Gasteiger partial charge on any atom is 0.300 e. The lowest BCUT2D eigenvalue weighted by Gasteiger charge is -2.27. The molecule has 4 aromatic rings. The van der Waals surface area contributed by atoms with E-state index in [-0.39, 0.29) is 11.3 Å². The lowest BCUT2D eigenvalue weighted by atomic mass is 9.94. The zero-order valence-electron chi connectivity index (χ0n) is 19.1. The Hall–Kier alpha value is -4.64. The normalized spacial score (nSPS) is 16.9. The quantitative estimate of drug-likeness (QED) is 0.212. The van der Waals surface area contributed by atoms with E-state index in [0.717, 1.165) is 5.56 Å². The van der Waals surface area contributed by atoms with Gasteiger partial charge in [-0.05, 0) is 48.4 Å². The van der Waals surface area contributed by atoms with E-state index < -0.39 is 17.7 Å². The summed E-state index contributed by atoms with van der Waals surface area (Å²) in [5.74, 6) is -0.393. The summed E-state index contributed by atoms with van der Waals surface area (Å²) in [6.07, 6.45) is 0. The third-order valence-electron chi connectivity index (χ3n) is 6.02. The largest absolute Gasteiger partial charge is 0.507 e. The highest BCUT2D eigenvalue weighted by atomic mass is 16.5. The van der Waals surface area contributed by atoms with E-state index in [1.54, 1.807) is 36.4 Å². The summed E-state index contributed by atoms with van der Waals surface area (Å²) in [5, 5.41) is 11.2. The first-order chi connectivity index (χ1) is 17.0. The smallest absolute Gasteiger partial charge is 0.300 e. The summed E-state index contributed by atoms with van der Waals surface area (Å²) in [5.41, 5.74) is 2.62. The Kier molecular flexibility index (Phi) is 5.90. The third kappa shape index (κ3) is 4.20. The molecule has 4 aromatic carbocycles. The highest BCUT2D eigenvalue weighted by Crippen LogP contribution is 2.43. The topological polar surface area (TPSA) is 66.8 Å². The molecule has 1 N–H and O–H groups in total. The Labute approximate surface area is 203 Å². The van der Waals surface area contributed by atoms with Crippen LogP contribution in [0.4, 0.5) is 5.69 Å². The molecule has 0 bridgehead atoms. The Balaban J connectivity index is 1.68. The molecule has 1 amide bonds. The zero-order chi connectivity index (χ0) is 24.4. The summed E-state index contributed by atoms with van der Waals surface area (Å²) < 4.78 is 6.01. The molecule has 0 spiro atoms. The average molecular weight is 462 g/mol. The van der Waals surface area contributed by atoms with Crippen LogP contribution in [-0.4, -0.2) is 16.8 Å². The van der Waals surface area contributed by atoms with Crippen LogP contribution in [0, 0.1) is 6.92 Å². The predicted octanol–water partition coefficient (Wildman–Crippen LogP) is 6.41. The molecule has 1 aliphatic heterocycles. The van der Waals surface area contributed by atoms with Gasteiger partial charge in [0.05, 0.1) is 11.6 Å². The Morgan fingerprint density at radius 3 is 2.11 bits per heavy atom. The van der Waals surface area contributed by atoms with Gasteiger partial charge >= 0.3 is 0 Å². The van der Waals surface area contributed by atoms with E-state index in [9.17, 15) is 14.7 Å². The number of nitrogens with zero attached hydrogens (tertiary/aromatic N) is 1. The number of carbonyl (C=O) groups is 2. The molecule has 5 heteroatoms. The van der Waals surface area contributed by atoms with E-state index >= 15 is 0 Å². The van der Waals surface area contributed by atoms with Crippen molar-refractivity contribution in [1.29, 1.82) is 0 Å². The lowest BCUT2D eigenvalue weighted by molar-refractivity contribution is -0.132. The van der Waals surface area contributed by atoms with Crippen molar-refractivity contribution in [2.24, 2.45) is 0 Å². The number of hydrogen-bond acceptors (Lipinski definition) is 4. The summed E-state index contributed by atoms with van der Waals surface area (Å²) in [4.78, 5) is 28.2. The number of carbonyl (C=O) groups excluding carboxylic acids is 2. The Morgan fingerprint density at radius 2 is 1.40 bits per heavy atom. The number of aryl methyl sites for hydroxylation is 1. The van der Waals surface area contributed by atoms with Crippen molar-refractivity contribution in [3.63, 3.8) is 0 Å². The van der Waals surface area contributed by atoms with Gasteiger partial charge in [0.1, 0.15) is 17.3 Å². The minimum atomic E-state index is -0.823. The molecule has 172 valence electrons. The number of aliphatic hydroxyl groups is 1. The third-order valence-corrected chi connectivity index (χ3v) is 6.02. The van der Waals surface area contributed by atoms with E-state index in [1.165, 1.54) is 4.90 Å². The molecule has 1 fully saturated rings. The van der Waals surface area contributed by atoms with Gasteiger partial charge in [0.2, 0.25) is 0 Å². The molecule has 1 atom stereocenters. The second-order valence-electron chi connectivity index (χ2n) is 8.31. The van der Waals surface area contributed by atoms with Crippen molar-refractivity contribution in [2.45, 2.75) is 13.0 Å². The molecule has 1 aliphatic rings. The van der Waals surface area contributed by atoms with Crippen LogP contribution < -0.4 is 9.64 Å². The molecule has 0 saturated carbocycles. The molecule has 0 aromatic heterocycles. The van der Waals surface area contributed by atoms with Crippen LogP contribution in [0.25, 0.3) is 5.76 Å². The van der Waals surface area contributed by atoms with Crippen LogP contribution in [0.15, 0.2) is 115 Å². The van der Waals surface area contributed by atoms with Gasteiger partial charge in [0.25, 0.3) is 11.7 Å². The van der Waals surface area contributed by atoms with Crippen LogP contribution in [-0.2, 0) is 9.59 Å². The molecule has 5 nitrogen and oxygen atoms in total. The first-order valence-corrected chi connectivity index (χ1v) is 11.3. The molecule has 1 saturated heterocycles. The number of Topliss-reactive ketones (excluding diaryl/α,β-unsaturated/α-hetero) is 1. The number of ether oxygens (including phenoxy) is 1. The maximum absolute atomic E-state index is 13.4. The van der Waals surface area contributed by atoms with E-state index in [1.807, 2.05) is 79.7 Å². The van der Waals surface area contributed by atoms with E-state index in [0.29, 0.717) is 28.3 Å². The van der Waals surface area contributed by atoms with Crippen molar-refractivity contribution in [3.8, 4) is 11.5 Å². The standard InChI is InChI=1S/C30H23NO4/c1-20-11-8-9-18-25(20)31-27(22-14-10-17-24(19-22)35-23-15-6-3-7-16-23)26(29(33)30(31)34)28(32)21-12-4-2-5-13-21/h2-19,27,32H,1H3/b28-26-. The van der Waals surface area contributed by atoms with Gasteiger partial charge in [-0.3, -0.25) is 14.5 Å². The fourth-order valence-electron chi connectivity index (χ4n) is 4.35. The number of anilines is 1. The number of aliphatic hydroxyl groups excluding tert-OH is 1. The monoisotopic (exact) mass is 461 g/mol. The van der Waals surface area contributed by atoms with Crippen LogP contribution in [0.1, 0.15) is 22.7 Å². The maximum atomic E-state index is 13.4. The van der Waals surface area contributed by atoms with Gasteiger partial charge in [-0.25, -0.2) is 0 Å². The van der Waals surface area contributed by atoms with Crippen molar-refractivity contribution < 1.29 is 19.4 Å². The molecular weight excluding hydrogens is 438 g/mol. The van der Waals surface area contributed by atoms with E-state index in [2.05, 4.69) is 0 Å². The number of benzene rings is 4. The van der Waals surface area contributed by atoms with Crippen molar-refractivity contribution in [1.82, 2.24) is 0 Å². The highest BCUT2D eigenvalue weighted by molar-refractivity contribution is 6.51. The van der Waals surface area contributed by atoms with Crippen LogP contribution in [0.2, 0.25) is 0 Å². The second kappa shape index (κ2) is 9.31. The molecule has 0 radical (unpaired) electrons. The first-order valence-electron chi connectivity index (χ1n) is 11.3. The minimum Gasteiger partial charge on any atom is -0.507 e. The number of amides is 1. The highest BCUT2D eigenvalue weighted by Gasteiger charge is 2.47. The number of ketones is 1. The van der Waals surface area contributed by atoms with Gasteiger partial charge in [-0.1, -0.05) is 78.9 Å². The zero-order valence-corrected chi connectivity index (χ0v) is 19.1. The predicted molar refractivity (Wildman–Crippen MR) is 135 cm³/mol.